The van der Waals surface area contributed by atoms with Crippen molar-refractivity contribution in [1.82, 2.24) is 19.6 Å². The van der Waals surface area contributed by atoms with Gasteiger partial charge < -0.3 is 19.3 Å². The first-order valence-electron chi connectivity index (χ1n) is 10.4. The summed E-state index contributed by atoms with van der Waals surface area (Å²) in [6.07, 6.45) is 7.55. The van der Waals surface area contributed by atoms with E-state index in [0.717, 1.165) is 25.2 Å². The molecule has 2 atom stereocenters. The van der Waals surface area contributed by atoms with Crippen molar-refractivity contribution in [2.24, 2.45) is 7.05 Å². The molecule has 2 aliphatic rings. The predicted molar refractivity (Wildman–Crippen MR) is 110 cm³/mol. The number of likely N-dealkylation sites (tertiary alicyclic amines) is 1. The average molecular weight is 399 g/mol. The van der Waals surface area contributed by atoms with Crippen molar-refractivity contribution in [3.63, 3.8) is 0 Å². The predicted octanol–water partition coefficient (Wildman–Crippen LogP) is 2.50. The van der Waals surface area contributed by atoms with Gasteiger partial charge in [-0.15, -0.1) is 0 Å². The number of morpholine rings is 1. The van der Waals surface area contributed by atoms with E-state index in [9.17, 15) is 4.79 Å². The number of aromatic nitrogens is 2. The molecule has 7 nitrogen and oxygen atoms in total. The highest BCUT2D eigenvalue weighted by molar-refractivity contribution is 5.95. The SMILES string of the molecule is COc1cccc(C(=O)N2CCO[C@@H](CN3CCCCC3)[C@@H]2c2cnn(C)c2)c1. The molecule has 2 saturated heterocycles. The zero-order valence-corrected chi connectivity index (χ0v) is 17.3. The summed E-state index contributed by atoms with van der Waals surface area (Å²) in [5.41, 5.74) is 1.65. The van der Waals surface area contributed by atoms with Crippen LogP contribution in [-0.4, -0.2) is 71.5 Å². The van der Waals surface area contributed by atoms with Crippen LogP contribution in [0.15, 0.2) is 36.7 Å². The average Bonchev–Trinajstić information content (AvgIpc) is 3.19. The van der Waals surface area contributed by atoms with Crippen molar-refractivity contribution < 1.29 is 14.3 Å². The summed E-state index contributed by atoms with van der Waals surface area (Å²) in [6.45, 7) is 4.14. The number of carbonyl (C=O) groups is 1. The van der Waals surface area contributed by atoms with Crippen molar-refractivity contribution in [2.75, 3.05) is 39.9 Å². The van der Waals surface area contributed by atoms with Gasteiger partial charge in [0, 0.05) is 37.5 Å². The Kier molecular flexibility index (Phi) is 6.16. The quantitative estimate of drug-likeness (QED) is 0.775. The number of ether oxygens (including phenoxy) is 2. The maximum Gasteiger partial charge on any atom is 0.254 e. The summed E-state index contributed by atoms with van der Waals surface area (Å²) in [6, 6.07) is 7.21. The maximum atomic E-state index is 13.5. The third-order valence-corrected chi connectivity index (χ3v) is 5.88. The largest absolute Gasteiger partial charge is 0.497 e. The Morgan fingerprint density at radius 1 is 1.24 bits per heavy atom. The van der Waals surface area contributed by atoms with E-state index in [4.69, 9.17) is 9.47 Å². The molecule has 0 radical (unpaired) electrons. The molecule has 0 saturated carbocycles. The monoisotopic (exact) mass is 398 g/mol. The van der Waals surface area contributed by atoms with Crippen LogP contribution >= 0.6 is 0 Å². The van der Waals surface area contributed by atoms with Gasteiger partial charge >= 0.3 is 0 Å². The molecule has 7 heteroatoms. The van der Waals surface area contributed by atoms with Crippen LogP contribution in [0.4, 0.5) is 0 Å². The highest BCUT2D eigenvalue weighted by Crippen LogP contribution is 2.32. The molecule has 156 valence electrons. The molecule has 29 heavy (non-hydrogen) atoms. The summed E-state index contributed by atoms with van der Waals surface area (Å²) in [4.78, 5) is 17.9. The van der Waals surface area contributed by atoms with Gasteiger partial charge in [0.05, 0.1) is 32.1 Å². The number of amides is 1. The Hall–Kier alpha value is -2.38. The number of benzene rings is 1. The minimum absolute atomic E-state index is 0.00435. The molecule has 1 aromatic carbocycles. The number of methoxy groups -OCH3 is 1. The molecule has 3 heterocycles. The molecular weight excluding hydrogens is 368 g/mol. The van der Waals surface area contributed by atoms with Gasteiger partial charge in [0.25, 0.3) is 5.91 Å². The normalized spacial score (nSPS) is 23.2. The standard InChI is InChI=1S/C22H30N4O3/c1-24-15-18(14-23-24)21-20(16-25-9-4-3-5-10-25)29-12-11-26(21)22(27)17-7-6-8-19(13-17)28-2/h6-8,13-15,20-21H,3-5,9-12,16H2,1-2H3/t20-,21-/m0/s1. The van der Waals surface area contributed by atoms with Gasteiger partial charge in [0.15, 0.2) is 0 Å². The molecular formula is C22H30N4O3. The van der Waals surface area contributed by atoms with Crippen molar-refractivity contribution in [1.29, 1.82) is 0 Å². The third kappa shape index (κ3) is 4.46. The number of hydrogen-bond donors (Lipinski definition) is 0. The van der Waals surface area contributed by atoms with E-state index >= 15 is 0 Å². The smallest absolute Gasteiger partial charge is 0.254 e. The number of rotatable bonds is 5. The summed E-state index contributed by atoms with van der Waals surface area (Å²) in [7, 11) is 3.52. The van der Waals surface area contributed by atoms with Crippen LogP contribution in [0.25, 0.3) is 0 Å². The van der Waals surface area contributed by atoms with Crippen molar-refractivity contribution in [3.05, 3.63) is 47.8 Å². The lowest BCUT2D eigenvalue weighted by atomic mass is 9.98. The van der Waals surface area contributed by atoms with Gasteiger partial charge in [0.2, 0.25) is 0 Å². The molecule has 2 fully saturated rings. The second kappa shape index (κ2) is 8.97. The first-order chi connectivity index (χ1) is 14.2. The summed E-state index contributed by atoms with van der Waals surface area (Å²) in [5.74, 6) is 0.691. The van der Waals surface area contributed by atoms with E-state index in [1.165, 1.54) is 19.3 Å². The molecule has 1 aromatic heterocycles. The zero-order valence-electron chi connectivity index (χ0n) is 17.3. The first kappa shape index (κ1) is 19.9. The van der Waals surface area contributed by atoms with Gasteiger partial charge in [-0.2, -0.15) is 5.10 Å². The number of aryl methyl sites for hydroxylation is 1. The van der Waals surface area contributed by atoms with Crippen molar-refractivity contribution >= 4 is 5.91 Å². The van der Waals surface area contributed by atoms with E-state index in [0.29, 0.717) is 24.5 Å². The van der Waals surface area contributed by atoms with Gasteiger partial charge in [-0.25, -0.2) is 0 Å². The summed E-state index contributed by atoms with van der Waals surface area (Å²) < 4.78 is 13.3. The van der Waals surface area contributed by atoms with E-state index in [-0.39, 0.29) is 18.1 Å². The minimum atomic E-state index is -0.155. The Morgan fingerprint density at radius 2 is 2.07 bits per heavy atom. The van der Waals surface area contributed by atoms with Crippen LogP contribution in [0.2, 0.25) is 0 Å². The van der Waals surface area contributed by atoms with E-state index in [1.54, 1.807) is 17.9 Å². The highest BCUT2D eigenvalue weighted by atomic mass is 16.5. The van der Waals surface area contributed by atoms with Gasteiger partial charge in [0.1, 0.15) is 5.75 Å². The minimum Gasteiger partial charge on any atom is -0.497 e. The molecule has 0 unspecified atom stereocenters. The Labute approximate surface area is 172 Å². The second-order valence-corrected chi connectivity index (χ2v) is 7.89. The number of hydrogen-bond acceptors (Lipinski definition) is 5. The van der Waals surface area contributed by atoms with Gasteiger partial charge in [-0.3, -0.25) is 9.48 Å². The fraction of sp³-hybridized carbons (Fsp3) is 0.545. The fourth-order valence-electron chi connectivity index (χ4n) is 4.42. The number of carbonyl (C=O) groups excluding carboxylic acids is 1. The topological polar surface area (TPSA) is 59.8 Å². The number of nitrogens with zero attached hydrogens (tertiary/aromatic N) is 4. The molecule has 0 N–H and O–H groups in total. The van der Waals surface area contributed by atoms with Crippen LogP contribution in [0, 0.1) is 0 Å². The molecule has 1 amide bonds. The molecule has 0 aliphatic carbocycles. The highest BCUT2D eigenvalue weighted by Gasteiger charge is 2.38. The van der Waals surface area contributed by atoms with Crippen LogP contribution in [-0.2, 0) is 11.8 Å². The van der Waals surface area contributed by atoms with Crippen LogP contribution < -0.4 is 4.74 Å². The van der Waals surface area contributed by atoms with Crippen LogP contribution in [0.3, 0.4) is 0 Å². The van der Waals surface area contributed by atoms with Crippen LogP contribution in [0.5, 0.6) is 5.75 Å². The zero-order chi connectivity index (χ0) is 20.2. The Morgan fingerprint density at radius 3 is 2.79 bits per heavy atom. The molecule has 4 rings (SSSR count). The van der Waals surface area contributed by atoms with E-state index in [2.05, 4.69) is 10.00 Å². The molecule has 0 bridgehead atoms. The third-order valence-electron chi connectivity index (χ3n) is 5.88. The van der Waals surface area contributed by atoms with Gasteiger partial charge in [-0.05, 0) is 44.1 Å². The van der Waals surface area contributed by atoms with Crippen molar-refractivity contribution in [3.8, 4) is 5.75 Å². The van der Waals surface area contributed by atoms with Crippen molar-refractivity contribution in [2.45, 2.75) is 31.4 Å². The second-order valence-electron chi connectivity index (χ2n) is 7.89. The fourth-order valence-corrected chi connectivity index (χ4v) is 4.42. The lowest BCUT2D eigenvalue weighted by Crippen LogP contribution is -2.52. The Balaban J connectivity index is 1.62. The Bertz CT molecular complexity index is 831. The lowest BCUT2D eigenvalue weighted by molar-refractivity contribution is -0.0741. The van der Waals surface area contributed by atoms with Crippen LogP contribution in [0.1, 0.15) is 41.2 Å². The van der Waals surface area contributed by atoms with E-state index in [1.807, 2.05) is 42.5 Å². The van der Waals surface area contributed by atoms with Gasteiger partial charge in [-0.1, -0.05) is 12.5 Å². The summed E-state index contributed by atoms with van der Waals surface area (Å²) in [5, 5.41) is 4.36. The summed E-state index contributed by atoms with van der Waals surface area (Å²) >= 11 is 0. The molecule has 2 aromatic rings. The first-order valence-corrected chi connectivity index (χ1v) is 10.4. The maximum absolute atomic E-state index is 13.5. The molecule has 2 aliphatic heterocycles. The number of piperidine rings is 1. The molecule has 0 spiro atoms. The lowest BCUT2D eigenvalue weighted by Gasteiger charge is -2.43. The van der Waals surface area contributed by atoms with E-state index < -0.39 is 0 Å².